The van der Waals surface area contributed by atoms with Crippen LogP contribution in [0, 0.1) is 0 Å². The number of benzene rings is 6. The number of nitrogens with one attached hydrogen (secondary N) is 2. The van der Waals surface area contributed by atoms with E-state index in [1.54, 1.807) is 0 Å². The van der Waals surface area contributed by atoms with Crippen molar-refractivity contribution in [1.82, 2.24) is 0 Å². The van der Waals surface area contributed by atoms with Gasteiger partial charge in [-0.15, -0.1) is 0 Å². The Morgan fingerprint density at radius 3 is 1.04 bits per heavy atom. The van der Waals surface area contributed by atoms with Crippen molar-refractivity contribution >= 4 is 53.0 Å². The molecule has 6 aromatic rings. The van der Waals surface area contributed by atoms with Crippen molar-refractivity contribution < 1.29 is 9.59 Å². The number of nitrogen functional groups attached to an aromatic ring is 2. The summed E-state index contributed by atoms with van der Waals surface area (Å²) in [6.07, 6.45) is 1.60. The number of nitrogens with two attached hydrogens (primary N) is 2. The van der Waals surface area contributed by atoms with E-state index in [0.29, 0.717) is 11.1 Å². The van der Waals surface area contributed by atoms with Gasteiger partial charge in [-0.3, -0.25) is 9.59 Å². The lowest BCUT2D eigenvalue weighted by molar-refractivity contribution is 0.101. The van der Waals surface area contributed by atoms with E-state index in [1.165, 1.54) is 21.5 Å². The molecule has 0 unspecified atom stereocenters. The minimum absolute atomic E-state index is 0.149. The predicted molar refractivity (Wildman–Crippen MR) is 206 cm³/mol. The van der Waals surface area contributed by atoms with Gasteiger partial charge in [0.15, 0.2) is 0 Å². The molecule has 49 heavy (non-hydrogen) atoms. The van der Waals surface area contributed by atoms with Crippen LogP contribution in [0.15, 0.2) is 146 Å². The summed E-state index contributed by atoms with van der Waals surface area (Å²) >= 11 is 0. The summed E-state index contributed by atoms with van der Waals surface area (Å²) in [6.45, 7) is 4.55. The van der Waals surface area contributed by atoms with Gasteiger partial charge in [0.2, 0.25) is 0 Å². The summed E-state index contributed by atoms with van der Waals surface area (Å²) in [5.41, 5.74) is 20.5. The highest BCUT2D eigenvalue weighted by molar-refractivity contribution is 7.00. The van der Waals surface area contributed by atoms with Gasteiger partial charge >= 0.3 is 0 Å². The van der Waals surface area contributed by atoms with Crippen LogP contribution in [0.4, 0.5) is 22.7 Å². The molecule has 0 radical (unpaired) electrons. The summed E-state index contributed by atoms with van der Waals surface area (Å²) in [5.74, 6) is -0.298. The molecule has 6 nitrogen and oxygen atoms in total. The molecule has 0 aliphatic rings. The first-order chi connectivity index (χ1) is 23.6. The van der Waals surface area contributed by atoms with Crippen LogP contribution in [-0.4, -0.2) is 19.9 Å². The number of hydrogen-bond donors (Lipinski definition) is 4. The van der Waals surface area contributed by atoms with E-state index in [1.807, 2.05) is 146 Å². The summed E-state index contributed by atoms with van der Waals surface area (Å²) in [7, 11) is -2.08. The number of carbonyl (C=O) groups excluding carboxylic acids is 2. The normalized spacial score (nSPS) is 11.1. The Kier molecular flexibility index (Phi) is 9.74. The highest BCUT2D eigenvalue weighted by atomic mass is 28.3. The quantitative estimate of drug-likeness (QED) is 0.0909. The van der Waals surface area contributed by atoms with E-state index >= 15 is 0 Å². The Morgan fingerprint density at radius 1 is 0.449 bits per heavy atom. The highest BCUT2D eigenvalue weighted by Gasteiger charge is 2.26. The molecule has 0 saturated carbocycles. The lowest BCUT2D eigenvalue weighted by Crippen LogP contribution is -2.52. The zero-order chi connectivity index (χ0) is 34.4. The monoisotopic (exact) mass is 660 g/mol. The fourth-order valence-electron chi connectivity index (χ4n) is 5.80. The summed E-state index contributed by atoms with van der Waals surface area (Å²) in [4.78, 5) is 26.1. The summed E-state index contributed by atoms with van der Waals surface area (Å²) in [6, 6.07) is 47.3. The maximum Gasteiger partial charge on any atom is 0.255 e. The van der Waals surface area contributed by atoms with Gasteiger partial charge in [0.25, 0.3) is 11.8 Å². The fraction of sp³-hybridized carbons (Fsp3) is 0.0952. The minimum Gasteiger partial charge on any atom is -0.399 e. The summed E-state index contributed by atoms with van der Waals surface area (Å²) in [5, 5.41) is 8.42. The third-order valence-corrected chi connectivity index (χ3v) is 12.5. The van der Waals surface area contributed by atoms with Crippen LogP contribution in [0.2, 0.25) is 13.1 Å². The van der Waals surface area contributed by atoms with Crippen molar-refractivity contribution in [2.75, 3.05) is 22.1 Å². The van der Waals surface area contributed by atoms with Gasteiger partial charge in [-0.25, -0.2) is 0 Å². The zero-order valence-electron chi connectivity index (χ0n) is 27.7. The first-order valence-corrected chi connectivity index (χ1v) is 19.3. The molecule has 0 aliphatic heterocycles. The number of hydrogen-bond acceptors (Lipinski definition) is 4. The Labute approximate surface area is 288 Å². The molecule has 244 valence electrons. The van der Waals surface area contributed by atoms with Crippen molar-refractivity contribution in [3.05, 3.63) is 179 Å². The second kappa shape index (κ2) is 14.5. The van der Waals surface area contributed by atoms with Gasteiger partial charge in [-0.2, -0.15) is 0 Å². The van der Waals surface area contributed by atoms with Crippen LogP contribution in [0.25, 0.3) is 0 Å². The van der Waals surface area contributed by atoms with E-state index in [2.05, 4.69) is 23.7 Å². The van der Waals surface area contributed by atoms with E-state index in [9.17, 15) is 9.59 Å². The van der Waals surface area contributed by atoms with E-state index in [-0.39, 0.29) is 11.8 Å². The molecule has 2 amide bonds. The molecule has 6 rings (SSSR count). The van der Waals surface area contributed by atoms with Crippen LogP contribution >= 0.6 is 0 Å². The maximum absolute atomic E-state index is 13.0. The first kappa shape index (κ1) is 33.0. The molecule has 0 spiro atoms. The molecule has 0 aliphatic carbocycles. The Balaban J connectivity index is 1.03. The molecular weight excluding hydrogens is 621 g/mol. The predicted octanol–water partition coefficient (Wildman–Crippen LogP) is 7.36. The molecular formula is C42H40N4O2Si. The fourth-order valence-corrected chi connectivity index (χ4v) is 8.14. The highest BCUT2D eigenvalue weighted by Crippen LogP contribution is 2.18. The molecule has 0 atom stereocenters. The van der Waals surface area contributed by atoms with Crippen LogP contribution in [0.3, 0.4) is 0 Å². The van der Waals surface area contributed by atoms with Gasteiger partial charge in [-0.05, 0) is 108 Å². The van der Waals surface area contributed by atoms with Crippen LogP contribution in [-0.2, 0) is 12.8 Å². The third kappa shape index (κ3) is 8.33. The van der Waals surface area contributed by atoms with E-state index < -0.39 is 8.07 Å². The molecule has 6 aromatic carbocycles. The summed E-state index contributed by atoms with van der Waals surface area (Å²) < 4.78 is 0. The minimum atomic E-state index is -2.08. The van der Waals surface area contributed by atoms with Crippen molar-refractivity contribution in [1.29, 1.82) is 0 Å². The SMILES string of the molecule is C[Si](C)(c1ccc(C(=O)Nc2ccc(Cc3ccc(N)cc3)cc2)cc1)c1ccc(C(=O)Nc2ccc(Cc3ccc(N)cc3)cc2)cc1. The van der Waals surface area contributed by atoms with Gasteiger partial charge in [-0.1, -0.05) is 96.3 Å². The van der Waals surface area contributed by atoms with E-state index in [4.69, 9.17) is 11.5 Å². The Bertz CT molecular complexity index is 1890. The number of rotatable bonds is 10. The average Bonchev–Trinajstić information content (AvgIpc) is 3.12. The van der Waals surface area contributed by atoms with Crippen molar-refractivity contribution in [3.63, 3.8) is 0 Å². The third-order valence-electron chi connectivity index (χ3n) is 8.94. The molecule has 0 heterocycles. The molecule has 7 heteroatoms. The molecule has 0 bridgehead atoms. The first-order valence-electron chi connectivity index (χ1n) is 16.3. The molecule has 6 N–H and O–H groups in total. The van der Waals surface area contributed by atoms with Gasteiger partial charge in [0.1, 0.15) is 8.07 Å². The van der Waals surface area contributed by atoms with Gasteiger partial charge < -0.3 is 22.1 Å². The number of carbonyl (C=O) groups is 2. The topological polar surface area (TPSA) is 110 Å². The molecule has 0 saturated heterocycles. The second-order valence-electron chi connectivity index (χ2n) is 12.9. The second-order valence-corrected chi connectivity index (χ2v) is 17.3. The average molecular weight is 661 g/mol. The van der Waals surface area contributed by atoms with Crippen LogP contribution < -0.4 is 32.5 Å². The van der Waals surface area contributed by atoms with Crippen molar-refractivity contribution in [2.45, 2.75) is 25.9 Å². The molecule has 0 aromatic heterocycles. The maximum atomic E-state index is 13.0. The van der Waals surface area contributed by atoms with E-state index in [0.717, 1.165) is 46.7 Å². The number of amides is 2. The lowest BCUT2D eigenvalue weighted by Gasteiger charge is -2.24. The Hall–Kier alpha value is -5.92. The molecule has 0 fully saturated rings. The van der Waals surface area contributed by atoms with Crippen molar-refractivity contribution in [2.24, 2.45) is 0 Å². The van der Waals surface area contributed by atoms with Gasteiger partial charge in [0, 0.05) is 33.9 Å². The van der Waals surface area contributed by atoms with Crippen molar-refractivity contribution in [3.8, 4) is 0 Å². The standard InChI is InChI=1S/C42H40N4O2Si/c1-49(2,39-23-11-33(12-24-39)41(47)45-37-19-7-31(8-20-37)27-29-3-15-35(43)16-4-29)40-25-13-34(14-26-40)42(48)46-38-21-9-32(10-22-38)28-30-5-17-36(44)18-6-30/h3-26H,27-28,43-44H2,1-2H3,(H,45,47)(H,46,48). The Morgan fingerprint density at radius 2 is 0.735 bits per heavy atom. The van der Waals surface area contributed by atoms with Crippen LogP contribution in [0.1, 0.15) is 43.0 Å². The zero-order valence-corrected chi connectivity index (χ0v) is 28.7. The lowest BCUT2D eigenvalue weighted by atomic mass is 10.0. The van der Waals surface area contributed by atoms with Gasteiger partial charge in [0.05, 0.1) is 0 Å². The van der Waals surface area contributed by atoms with Crippen LogP contribution in [0.5, 0.6) is 0 Å². The number of anilines is 4. The smallest absolute Gasteiger partial charge is 0.255 e. The largest absolute Gasteiger partial charge is 0.399 e.